The van der Waals surface area contributed by atoms with Gasteiger partial charge in [0.05, 0.1) is 12.3 Å². The highest BCUT2D eigenvalue weighted by Crippen LogP contribution is 2.17. The van der Waals surface area contributed by atoms with Crippen molar-refractivity contribution < 1.29 is 13.2 Å². The lowest BCUT2D eigenvalue weighted by Gasteiger charge is -2.15. The van der Waals surface area contributed by atoms with Crippen LogP contribution < -0.4 is 10.0 Å². The van der Waals surface area contributed by atoms with E-state index in [2.05, 4.69) is 10.0 Å². The fraction of sp³-hybridized carbons (Fsp3) is 0.500. The second kappa shape index (κ2) is 7.28. The van der Waals surface area contributed by atoms with Crippen LogP contribution in [0.4, 0.5) is 5.69 Å². The second-order valence-corrected chi connectivity index (χ2v) is 6.64. The number of benzene rings is 1. The van der Waals surface area contributed by atoms with Crippen LogP contribution in [0.2, 0.25) is 0 Å². The number of rotatable bonds is 7. The Morgan fingerprint density at radius 2 is 1.85 bits per heavy atom. The topological polar surface area (TPSA) is 75.3 Å². The Hall–Kier alpha value is -1.56. The van der Waals surface area contributed by atoms with Gasteiger partial charge in [-0.05, 0) is 31.0 Å². The van der Waals surface area contributed by atoms with Crippen molar-refractivity contribution in [1.29, 1.82) is 0 Å². The molecule has 0 aliphatic carbocycles. The molecule has 5 nitrogen and oxygen atoms in total. The molecule has 0 fully saturated rings. The monoisotopic (exact) mass is 298 g/mol. The van der Waals surface area contributed by atoms with Crippen molar-refractivity contribution in [2.75, 3.05) is 11.0 Å². The van der Waals surface area contributed by atoms with Crippen molar-refractivity contribution in [3.63, 3.8) is 0 Å². The summed E-state index contributed by atoms with van der Waals surface area (Å²) in [4.78, 5) is 11.6. The lowest BCUT2D eigenvalue weighted by atomic mass is 10.1. The van der Waals surface area contributed by atoms with E-state index in [0.717, 1.165) is 24.7 Å². The van der Waals surface area contributed by atoms with Crippen LogP contribution in [-0.4, -0.2) is 20.6 Å². The summed E-state index contributed by atoms with van der Waals surface area (Å²) >= 11 is 0. The van der Waals surface area contributed by atoms with Crippen LogP contribution in [0.15, 0.2) is 24.3 Å². The van der Waals surface area contributed by atoms with Crippen molar-refractivity contribution in [3.05, 3.63) is 29.8 Å². The molecule has 1 atom stereocenters. The predicted molar refractivity (Wildman–Crippen MR) is 81.0 cm³/mol. The molecule has 1 aromatic carbocycles. The minimum Gasteiger partial charge on any atom is -0.350 e. The Kier molecular flexibility index (Phi) is 6.01. The summed E-state index contributed by atoms with van der Waals surface area (Å²) < 4.78 is 24.6. The van der Waals surface area contributed by atoms with E-state index in [4.69, 9.17) is 0 Å². The first-order valence-electron chi connectivity index (χ1n) is 6.69. The van der Waals surface area contributed by atoms with E-state index < -0.39 is 10.0 Å². The van der Waals surface area contributed by atoms with Gasteiger partial charge in [-0.15, -0.1) is 0 Å². The highest BCUT2D eigenvalue weighted by Gasteiger charge is 2.09. The average molecular weight is 298 g/mol. The highest BCUT2D eigenvalue weighted by molar-refractivity contribution is 7.92. The zero-order chi connectivity index (χ0) is 15.2. The third kappa shape index (κ3) is 6.06. The molecule has 0 radical (unpaired) electrons. The van der Waals surface area contributed by atoms with Crippen molar-refractivity contribution in [1.82, 2.24) is 5.32 Å². The Labute approximate surface area is 120 Å². The lowest BCUT2D eigenvalue weighted by molar-refractivity contribution is -0.121. The molecule has 0 saturated heterocycles. The summed E-state index contributed by atoms with van der Waals surface area (Å²) in [5.74, 6) is 0.0395. The maximum Gasteiger partial charge on any atom is 0.229 e. The maximum absolute atomic E-state index is 11.6. The molecule has 2 N–H and O–H groups in total. The summed E-state index contributed by atoms with van der Waals surface area (Å²) in [7, 11) is -3.26. The number of hydrogen-bond acceptors (Lipinski definition) is 3. The average Bonchev–Trinajstić information content (AvgIpc) is 2.35. The van der Waals surface area contributed by atoms with Crippen LogP contribution in [0.5, 0.6) is 0 Å². The number of anilines is 1. The Morgan fingerprint density at radius 1 is 1.25 bits per heavy atom. The molecule has 0 aliphatic rings. The molecular weight excluding hydrogens is 276 g/mol. The van der Waals surface area contributed by atoms with Gasteiger partial charge in [-0.25, -0.2) is 8.42 Å². The summed E-state index contributed by atoms with van der Waals surface area (Å²) in [5.41, 5.74) is 1.45. The van der Waals surface area contributed by atoms with Gasteiger partial charge in [0.2, 0.25) is 15.9 Å². The molecular formula is C14H22N2O3S. The third-order valence-corrected chi connectivity index (χ3v) is 3.46. The zero-order valence-electron chi connectivity index (χ0n) is 12.1. The van der Waals surface area contributed by atoms with Gasteiger partial charge in [0.25, 0.3) is 0 Å². The van der Waals surface area contributed by atoms with E-state index in [9.17, 15) is 13.2 Å². The molecule has 0 heterocycles. The van der Waals surface area contributed by atoms with Crippen LogP contribution in [0.3, 0.4) is 0 Å². The Bertz CT molecular complexity index is 538. The van der Waals surface area contributed by atoms with Gasteiger partial charge < -0.3 is 5.32 Å². The lowest BCUT2D eigenvalue weighted by Crippen LogP contribution is -2.26. The van der Waals surface area contributed by atoms with E-state index in [1.165, 1.54) is 0 Å². The fourth-order valence-electron chi connectivity index (χ4n) is 1.79. The number of hydrogen-bond donors (Lipinski definition) is 2. The standard InChI is InChI=1S/C14H22N2O3S/c1-4-5-6-14(17)15-11(2)12-7-9-13(10-8-12)16-20(3,18)19/h7-11,16H,4-6H2,1-3H3,(H,15,17). The summed E-state index contributed by atoms with van der Waals surface area (Å²) in [6.07, 6.45) is 3.52. The predicted octanol–water partition coefficient (Wildman–Crippen LogP) is 2.43. The summed E-state index contributed by atoms with van der Waals surface area (Å²) in [6, 6.07) is 6.89. The number of amides is 1. The molecule has 0 saturated carbocycles. The molecule has 0 bridgehead atoms. The quantitative estimate of drug-likeness (QED) is 0.811. The van der Waals surface area contributed by atoms with Crippen LogP contribution in [0, 0.1) is 0 Å². The van der Waals surface area contributed by atoms with Gasteiger partial charge in [0.15, 0.2) is 0 Å². The Balaban J connectivity index is 2.61. The molecule has 0 aromatic heterocycles. The van der Waals surface area contributed by atoms with Crippen molar-refractivity contribution in [3.8, 4) is 0 Å². The fourth-order valence-corrected chi connectivity index (χ4v) is 2.35. The summed E-state index contributed by atoms with van der Waals surface area (Å²) in [5, 5.41) is 2.92. The Morgan fingerprint density at radius 3 is 2.35 bits per heavy atom. The van der Waals surface area contributed by atoms with Gasteiger partial charge in [0, 0.05) is 12.1 Å². The number of sulfonamides is 1. The zero-order valence-corrected chi connectivity index (χ0v) is 13.0. The van der Waals surface area contributed by atoms with E-state index in [0.29, 0.717) is 12.1 Å². The SMILES string of the molecule is CCCCC(=O)NC(C)c1ccc(NS(C)(=O)=O)cc1. The molecule has 6 heteroatoms. The largest absolute Gasteiger partial charge is 0.350 e. The first kappa shape index (κ1) is 16.5. The second-order valence-electron chi connectivity index (χ2n) is 4.89. The van der Waals surface area contributed by atoms with E-state index in [-0.39, 0.29) is 11.9 Å². The smallest absolute Gasteiger partial charge is 0.229 e. The normalized spacial score (nSPS) is 12.8. The minimum absolute atomic E-state index is 0.0395. The first-order valence-corrected chi connectivity index (χ1v) is 8.58. The molecule has 1 amide bonds. The van der Waals surface area contributed by atoms with E-state index in [1.807, 2.05) is 13.8 Å². The first-order chi connectivity index (χ1) is 9.31. The number of carbonyl (C=O) groups is 1. The summed E-state index contributed by atoms with van der Waals surface area (Å²) in [6.45, 7) is 3.95. The van der Waals surface area contributed by atoms with Crippen LogP contribution >= 0.6 is 0 Å². The van der Waals surface area contributed by atoms with Crippen molar-refractivity contribution in [2.24, 2.45) is 0 Å². The molecule has 1 rings (SSSR count). The van der Waals surface area contributed by atoms with Gasteiger partial charge in [-0.3, -0.25) is 9.52 Å². The number of nitrogens with one attached hydrogen (secondary N) is 2. The van der Waals surface area contributed by atoms with Crippen LogP contribution in [0.25, 0.3) is 0 Å². The van der Waals surface area contributed by atoms with Gasteiger partial charge in [-0.2, -0.15) is 0 Å². The van der Waals surface area contributed by atoms with Crippen molar-refractivity contribution >= 4 is 21.6 Å². The van der Waals surface area contributed by atoms with Crippen molar-refractivity contribution in [2.45, 2.75) is 39.2 Å². The maximum atomic E-state index is 11.6. The third-order valence-electron chi connectivity index (χ3n) is 2.85. The van der Waals surface area contributed by atoms with Gasteiger partial charge >= 0.3 is 0 Å². The van der Waals surface area contributed by atoms with Crippen LogP contribution in [0.1, 0.15) is 44.7 Å². The minimum atomic E-state index is -3.26. The van der Waals surface area contributed by atoms with Gasteiger partial charge in [0.1, 0.15) is 0 Å². The highest BCUT2D eigenvalue weighted by atomic mass is 32.2. The molecule has 0 aliphatic heterocycles. The van der Waals surface area contributed by atoms with E-state index >= 15 is 0 Å². The molecule has 20 heavy (non-hydrogen) atoms. The molecule has 112 valence electrons. The molecule has 1 unspecified atom stereocenters. The molecule has 0 spiro atoms. The van der Waals surface area contributed by atoms with Gasteiger partial charge in [-0.1, -0.05) is 25.5 Å². The molecule has 1 aromatic rings. The number of carbonyl (C=O) groups excluding carboxylic acids is 1. The van der Waals surface area contributed by atoms with Crippen LogP contribution in [-0.2, 0) is 14.8 Å². The number of unbranched alkanes of at least 4 members (excludes halogenated alkanes) is 1. The van der Waals surface area contributed by atoms with E-state index in [1.54, 1.807) is 24.3 Å².